The molecule has 2 aromatic carbocycles. The van der Waals surface area contributed by atoms with Gasteiger partial charge in [-0.2, -0.15) is 5.10 Å². The predicted molar refractivity (Wildman–Crippen MR) is 97.7 cm³/mol. The molecular weight excluding hydrogens is 334 g/mol. The molecule has 3 aromatic rings. The minimum atomic E-state index is -0.468. The highest BCUT2D eigenvalue weighted by molar-refractivity contribution is 5.83. The number of para-hydroxylation sites is 2. The van der Waals surface area contributed by atoms with Gasteiger partial charge in [0.05, 0.1) is 34.4 Å². The first-order valence-corrected chi connectivity index (χ1v) is 8.02. The molecule has 1 aromatic heterocycles. The van der Waals surface area contributed by atoms with Crippen LogP contribution in [0.1, 0.15) is 12.5 Å². The Morgan fingerprint density at radius 1 is 1.31 bits per heavy atom. The summed E-state index contributed by atoms with van der Waals surface area (Å²) in [6.07, 6.45) is 3.16. The molecule has 0 bridgehead atoms. The van der Waals surface area contributed by atoms with Crippen LogP contribution in [-0.2, 0) is 11.3 Å². The van der Waals surface area contributed by atoms with Crippen molar-refractivity contribution in [3.05, 3.63) is 70.5 Å². The average molecular weight is 351 g/mol. The molecule has 1 heterocycles. The summed E-state index contributed by atoms with van der Waals surface area (Å²) >= 11 is 0. The summed E-state index contributed by atoms with van der Waals surface area (Å²) in [5.74, 6) is -0.525. The van der Waals surface area contributed by atoms with Crippen LogP contribution in [0.5, 0.6) is 0 Å². The fourth-order valence-corrected chi connectivity index (χ4v) is 2.50. The Labute approximate surface area is 149 Å². The first kappa shape index (κ1) is 17.3. The van der Waals surface area contributed by atoms with Crippen LogP contribution in [0.4, 0.5) is 5.69 Å². The number of non-ortho nitro benzene ring substituents is 1. The second-order valence-corrected chi connectivity index (χ2v) is 5.87. The van der Waals surface area contributed by atoms with Gasteiger partial charge in [-0.25, -0.2) is 10.4 Å². The first-order chi connectivity index (χ1) is 12.5. The fraction of sp³-hybridized carbons (Fsp3) is 0.167. The molecule has 0 radical (unpaired) electrons. The molecule has 0 aliphatic rings. The van der Waals surface area contributed by atoms with Gasteiger partial charge in [0.1, 0.15) is 0 Å². The number of nitro benzene ring substituents is 1. The Kier molecular flexibility index (Phi) is 5.02. The number of nitrogens with one attached hydrogen (secondary N) is 1. The lowest BCUT2D eigenvalue weighted by Gasteiger charge is -2.11. The highest BCUT2D eigenvalue weighted by atomic mass is 16.6. The summed E-state index contributed by atoms with van der Waals surface area (Å²) in [5.41, 5.74) is 5.01. The van der Waals surface area contributed by atoms with Crippen LogP contribution in [0.3, 0.4) is 0 Å². The zero-order valence-corrected chi connectivity index (χ0v) is 14.1. The zero-order valence-electron chi connectivity index (χ0n) is 14.1. The van der Waals surface area contributed by atoms with E-state index in [0.29, 0.717) is 12.1 Å². The number of nitrogens with zero attached hydrogens (tertiary/aromatic N) is 4. The summed E-state index contributed by atoms with van der Waals surface area (Å²) in [6, 6.07) is 13.6. The van der Waals surface area contributed by atoms with Crippen LogP contribution in [0.25, 0.3) is 11.0 Å². The number of imidazole rings is 1. The van der Waals surface area contributed by atoms with Gasteiger partial charge in [-0.05, 0) is 29.8 Å². The van der Waals surface area contributed by atoms with Crippen molar-refractivity contribution in [2.75, 3.05) is 0 Å². The van der Waals surface area contributed by atoms with E-state index in [-0.39, 0.29) is 17.5 Å². The molecule has 8 nitrogen and oxygen atoms in total. The lowest BCUT2D eigenvalue weighted by Crippen LogP contribution is -2.27. The minimum Gasteiger partial charge on any atom is -0.330 e. The number of fused-ring (bicyclic) bond motifs is 1. The average Bonchev–Trinajstić information content (AvgIpc) is 3.05. The number of carbonyl (C=O) groups is 1. The van der Waals surface area contributed by atoms with Crippen LogP contribution >= 0.6 is 0 Å². The maximum absolute atomic E-state index is 12.2. The normalized spacial score (nSPS) is 12.3. The van der Waals surface area contributed by atoms with Crippen molar-refractivity contribution in [2.45, 2.75) is 13.5 Å². The van der Waals surface area contributed by atoms with Crippen LogP contribution in [0, 0.1) is 16.0 Å². The van der Waals surface area contributed by atoms with Gasteiger partial charge >= 0.3 is 0 Å². The number of amides is 1. The second kappa shape index (κ2) is 7.56. The highest BCUT2D eigenvalue weighted by Crippen LogP contribution is 2.14. The molecule has 132 valence electrons. The van der Waals surface area contributed by atoms with Gasteiger partial charge in [-0.15, -0.1) is 0 Å². The smallest absolute Gasteiger partial charge is 0.269 e. The van der Waals surface area contributed by atoms with Crippen molar-refractivity contribution >= 4 is 28.8 Å². The number of hydrogen-bond acceptors (Lipinski definition) is 5. The van der Waals surface area contributed by atoms with Crippen molar-refractivity contribution in [2.24, 2.45) is 11.0 Å². The topological polar surface area (TPSA) is 102 Å². The monoisotopic (exact) mass is 351 g/mol. The Morgan fingerprint density at radius 2 is 2.04 bits per heavy atom. The van der Waals surface area contributed by atoms with Crippen molar-refractivity contribution < 1.29 is 9.72 Å². The van der Waals surface area contributed by atoms with Crippen LogP contribution in [0.2, 0.25) is 0 Å². The Balaban J connectivity index is 1.58. The number of hydrazone groups is 1. The molecule has 1 unspecified atom stereocenters. The van der Waals surface area contributed by atoms with Crippen molar-refractivity contribution in [1.29, 1.82) is 0 Å². The largest absolute Gasteiger partial charge is 0.330 e. The zero-order chi connectivity index (χ0) is 18.5. The summed E-state index contributed by atoms with van der Waals surface area (Å²) in [4.78, 5) is 26.6. The van der Waals surface area contributed by atoms with Gasteiger partial charge in [0.25, 0.3) is 5.69 Å². The summed E-state index contributed by atoms with van der Waals surface area (Å²) < 4.78 is 1.93. The lowest BCUT2D eigenvalue weighted by molar-refractivity contribution is -0.384. The number of hydrogen-bond donors (Lipinski definition) is 1. The number of carbonyl (C=O) groups excluding carboxylic acids is 1. The van der Waals surface area contributed by atoms with E-state index in [1.54, 1.807) is 18.5 Å². The molecule has 8 heteroatoms. The molecule has 1 atom stereocenters. The maximum Gasteiger partial charge on any atom is 0.269 e. The third kappa shape index (κ3) is 3.92. The van der Waals surface area contributed by atoms with E-state index in [2.05, 4.69) is 15.5 Å². The molecule has 3 rings (SSSR count). The molecule has 0 fully saturated rings. The second-order valence-electron chi connectivity index (χ2n) is 5.87. The Hall–Kier alpha value is -3.55. The Morgan fingerprint density at radius 3 is 2.77 bits per heavy atom. The molecule has 0 saturated carbocycles. The van der Waals surface area contributed by atoms with Crippen molar-refractivity contribution in [1.82, 2.24) is 15.0 Å². The summed E-state index contributed by atoms with van der Waals surface area (Å²) in [6.45, 7) is 2.30. The van der Waals surface area contributed by atoms with Gasteiger partial charge in [-0.1, -0.05) is 19.1 Å². The van der Waals surface area contributed by atoms with E-state index in [1.165, 1.54) is 18.3 Å². The molecule has 0 aliphatic carbocycles. The van der Waals surface area contributed by atoms with E-state index < -0.39 is 4.92 Å². The number of nitro groups is 1. The molecule has 0 saturated heterocycles. The minimum absolute atomic E-state index is 0.00682. The molecule has 1 N–H and O–H groups in total. The van der Waals surface area contributed by atoms with Gasteiger partial charge in [-0.3, -0.25) is 14.9 Å². The van der Waals surface area contributed by atoms with E-state index in [1.807, 2.05) is 35.8 Å². The van der Waals surface area contributed by atoms with Crippen LogP contribution in [-0.4, -0.2) is 26.6 Å². The SMILES string of the molecule is CC(Cn1cnc2ccccc21)C(=O)NN=Cc1ccc([N+](=O)[O-])cc1. The molecule has 26 heavy (non-hydrogen) atoms. The lowest BCUT2D eigenvalue weighted by atomic mass is 10.1. The number of aromatic nitrogens is 2. The number of rotatable bonds is 6. The van der Waals surface area contributed by atoms with Gasteiger partial charge < -0.3 is 4.57 Å². The van der Waals surface area contributed by atoms with Gasteiger partial charge in [0, 0.05) is 18.7 Å². The molecule has 1 amide bonds. The third-order valence-corrected chi connectivity index (χ3v) is 3.94. The summed E-state index contributed by atoms with van der Waals surface area (Å²) in [7, 11) is 0. The van der Waals surface area contributed by atoms with Crippen LogP contribution < -0.4 is 5.43 Å². The van der Waals surface area contributed by atoms with E-state index >= 15 is 0 Å². The summed E-state index contributed by atoms with van der Waals surface area (Å²) in [5, 5.41) is 14.5. The van der Waals surface area contributed by atoms with Gasteiger partial charge in [0.2, 0.25) is 5.91 Å². The van der Waals surface area contributed by atoms with E-state index in [9.17, 15) is 14.9 Å². The predicted octanol–water partition coefficient (Wildman–Crippen LogP) is 2.73. The third-order valence-electron chi connectivity index (χ3n) is 3.94. The maximum atomic E-state index is 12.2. The quantitative estimate of drug-likeness (QED) is 0.419. The first-order valence-electron chi connectivity index (χ1n) is 8.02. The standard InChI is InChI=1S/C18H17N5O3/c1-13(11-22-12-19-16-4-2-3-5-17(16)22)18(24)21-20-10-14-6-8-15(9-7-14)23(25)26/h2-10,12-13H,11H2,1H3,(H,21,24). The fourth-order valence-electron chi connectivity index (χ4n) is 2.50. The Bertz CT molecular complexity index is 962. The molecular formula is C18H17N5O3. The molecule has 0 spiro atoms. The van der Waals surface area contributed by atoms with E-state index in [0.717, 1.165) is 11.0 Å². The van der Waals surface area contributed by atoms with Crippen molar-refractivity contribution in [3.63, 3.8) is 0 Å². The van der Waals surface area contributed by atoms with E-state index in [4.69, 9.17) is 0 Å². The highest BCUT2D eigenvalue weighted by Gasteiger charge is 2.14. The molecule has 0 aliphatic heterocycles. The van der Waals surface area contributed by atoms with Gasteiger partial charge in [0.15, 0.2) is 0 Å². The van der Waals surface area contributed by atoms with Crippen molar-refractivity contribution in [3.8, 4) is 0 Å². The van der Waals surface area contributed by atoms with Crippen LogP contribution in [0.15, 0.2) is 60.0 Å². The number of benzene rings is 2.